The van der Waals surface area contributed by atoms with Gasteiger partial charge < -0.3 is 9.64 Å². The van der Waals surface area contributed by atoms with Gasteiger partial charge in [0.25, 0.3) is 0 Å². The third-order valence-electron chi connectivity index (χ3n) is 4.15. The predicted octanol–water partition coefficient (Wildman–Crippen LogP) is 1.57. The number of ether oxygens (including phenoxy) is 1. The zero-order chi connectivity index (χ0) is 12.3. The Morgan fingerprint density at radius 2 is 2.41 bits per heavy atom. The standard InChI is InChI=1S/C11H18N4O2/c1-17-7-9-6-15(10(16)5-13-14-12)8-11(9)3-2-4-11/h9H,2-8H2,1H3. The molecule has 17 heavy (non-hydrogen) atoms. The Labute approximate surface area is 101 Å². The van der Waals surface area contributed by atoms with Crippen molar-refractivity contribution in [3.05, 3.63) is 10.4 Å². The van der Waals surface area contributed by atoms with E-state index in [0.717, 1.165) is 13.1 Å². The summed E-state index contributed by atoms with van der Waals surface area (Å²) in [7, 11) is 1.71. The highest BCUT2D eigenvalue weighted by atomic mass is 16.5. The lowest BCUT2D eigenvalue weighted by atomic mass is 9.63. The van der Waals surface area contributed by atoms with Gasteiger partial charge in [-0.3, -0.25) is 4.79 Å². The van der Waals surface area contributed by atoms with Crippen molar-refractivity contribution in [1.82, 2.24) is 4.90 Å². The Bertz CT molecular complexity index is 347. The number of methoxy groups -OCH3 is 1. The highest BCUT2D eigenvalue weighted by Gasteiger charge is 2.50. The molecule has 1 spiro atoms. The molecule has 94 valence electrons. The third-order valence-corrected chi connectivity index (χ3v) is 4.15. The molecule has 0 aromatic rings. The molecule has 6 heteroatoms. The first-order valence-electron chi connectivity index (χ1n) is 5.99. The molecule has 1 atom stereocenters. The molecule has 1 aliphatic carbocycles. The van der Waals surface area contributed by atoms with E-state index in [0.29, 0.717) is 12.5 Å². The largest absolute Gasteiger partial charge is 0.384 e. The van der Waals surface area contributed by atoms with Crippen molar-refractivity contribution in [2.45, 2.75) is 19.3 Å². The van der Waals surface area contributed by atoms with Crippen LogP contribution in [0, 0.1) is 11.3 Å². The number of hydrogen-bond acceptors (Lipinski definition) is 3. The summed E-state index contributed by atoms with van der Waals surface area (Å²) in [6.07, 6.45) is 3.62. The average Bonchev–Trinajstić information content (AvgIpc) is 2.66. The van der Waals surface area contributed by atoms with Crippen LogP contribution in [0.4, 0.5) is 0 Å². The van der Waals surface area contributed by atoms with E-state index in [-0.39, 0.29) is 17.9 Å². The Kier molecular flexibility index (Phi) is 3.54. The normalized spacial score (nSPS) is 25.5. The van der Waals surface area contributed by atoms with Crippen LogP contribution in [0.15, 0.2) is 5.11 Å². The van der Waals surface area contributed by atoms with Crippen LogP contribution >= 0.6 is 0 Å². The molecule has 0 N–H and O–H groups in total. The Morgan fingerprint density at radius 3 is 2.94 bits per heavy atom. The van der Waals surface area contributed by atoms with Gasteiger partial charge in [0, 0.05) is 31.0 Å². The minimum atomic E-state index is -0.0632. The van der Waals surface area contributed by atoms with Gasteiger partial charge in [0.05, 0.1) is 6.61 Å². The van der Waals surface area contributed by atoms with Gasteiger partial charge in [0.2, 0.25) is 5.91 Å². The fourth-order valence-electron chi connectivity index (χ4n) is 3.04. The van der Waals surface area contributed by atoms with Gasteiger partial charge in [-0.1, -0.05) is 11.5 Å². The predicted molar refractivity (Wildman–Crippen MR) is 62.2 cm³/mol. The molecule has 1 heterocycles. The van der Waals surface area contributed by atoms with Crippen molar-refractivity contribution in [3.8, 4) is 0 Å². The van der Waals surface area contributed by atoms with Crippen molar-refractivity contribution in [3.63, 3.8) is 0 Å². The van der Waals surface area contributed by atoms with Crippen molar-refractivity contribution in [2.75, 3.05) is 33.4 Å². The first-order chi connectivity index (χ1) is 8.22. The van der Waals surface area contributed by atoms with Crippen molar-refractivity contribution in [2.24, 2.45) is 16.4 Å². The summed E-state index contributed by atoms with van der Waals surface area (Å²) in [6.45, 7) is 2.20. The van der Waals surface area contributed by atoms with Crippen LogP contribution in [0.5, 0.6) is 0 Å². The fourth-order valence-corrected chi connectivity index (χ4v) is 3.04. The highest BCUT2D eigenvalue weighted by molar-refractivity contribution is 5.78. The van der Waals surface area contributed by atoms with Crippen molar-refractivity contribution >= 4 is 5.91 Å². The van der Waals surface area contributed by atoms with Crippen LogP contribution in [-0.2, 0) is 9.53 Å². The van der Waals surface area contributed by atoms with E-state index in [4.69, 9.17) is 10.3 Å². The molecule has 1 saturated carbocycles. The van der Waals surface area contributed by atoms with Crippen LogP contribution < -0.4 is 0 Å². The minimum absolute atomic E-state index is 0.0623. The molecule has 6 nitrogen and oxygen atoms in total. The van der Waals surface area contributed by atoms with Crippen molar-refractivity contribution in [1.29, 1.82) is 0 Å². The van der Waals surface area contributed by atoms with Gasteiger partial charge in [-0.25, -0.2) is 0 Å². The van der Waals surface area contributed by atoms with Crippen molar-refractivity contribution < 1.29 is 9.53 Å². The highest BCUT2D eigenvalue weighted by Crippen LogP contribution is 2.51. The number of carbonyl (C=O) groups excluding carboxylic acids is 1. The second kappa shape index (κ2) is 4.94. The van der Waals surface area contributed by atoms with E-state index in [1.807, 2.05) is 4.90 Å². The van der Waals surface area contributed by atoms with Crippen LogP contribution in [-0.4, -0.2) is 44.2 Å². The summed E-state index contributed by atoms with van der Waals surface area (Å²) in [6, 6.07) is 0. The molecule has 0 bridgehead atoms. The van der Waals surface area contributed by atoms with Gasteiger partial charge in [-0.2, -0.15) is 0 Å². The molecule has 1 amide bonds. The maximum Gasteiger partial charge on any atom is 0.228 e. The number of carbonyl (C=O) groups is 1. The maximum atomic E-state index is 11.8. The molecule has 1 aliphatic heterocycles. The number of hydrogen-bond donors (Lipinski definition) is 0. The van der Waals surface area contributed by atoms with Gasteiger partial charge >= 0.3 is 0 Å². The average molecular weight is 238 g/mol. The molecule has 2 fully saturated rings. The smallest absolute Gasteiger partial charge is 0.228 e. The zero-order valence-electron chi connectivity index (χ0n) is 10.1. The first kappa shape index (κ1) is 12.2. The third kappa shape index (κ3) is 2.23. The quantitative estimate of drug-likeness (QED) is 0.423. The molecule has 0 aromatic heterocycles. The lowest BCUT2D eigenvalue weighted by Crippen LogP contribution is -2.39. The molecule has 1 unspecified atom stereocenters. The Balaban J connectivity index is 1.99. The summed E-state index contributed by atoms with van der Waals surface area (Å²) in [5.41, 5.74) is 8.50. The van der Waals surface area contributed by atoms with Gasteiger partial charge in [-0.15, -0.1) is 0 Å². The fraction of sp³-hybridized carbons (Fsp3) is 0.909. The van der Waals surface area contributed by atoms with Crippen LogP contribution in [0.2, 0.25) is 0 Å². The molecular weight excluding hydrogens is 220 g/mol. The van der Waals surface area contributed by atoms with E-state index in [1.54, 1.807) is 7.11 Å². The lowest BCUT2D eigenvalue weighted by Gasteiger charge is -2.42. The summed E-state index contributed by atoms with van der Waals surface area (Å²) in [4.78, 5) is 16.3. The molecule has 2 aliphatic rings. The van der Waals surface area contributed by atoms with E-state index in [9.17, 15) is 4.79 Å². The second-order valence-corrected chi connectivity index (χ2v) is 5.03. The molecule has 0 aromatic carbocycles. The number of rotatable bonds is 4. The van der Waals surface area contributed by atoms with Gasteiger partial charge in [0.15, 0.2) is 0 Å². The molecule has 2 rings (SSSR count). The first-order valence-corrected chi connectivity index (χ1v) is 5.99. The Hall–Kier alpha value is -1.26. The van der Waals surface area contributed by atoms with Crippen LogP contribution in [0.3, 0.4) is 0 Å². The van der Waals surface area contributed by atoms with Gasteiger partial charge in [-0.05, 0) is 23.8 Å². The van der Waals surface area contributed by atoms with E-state index < -0.39 is 0 Å². The molecular formula is C11H18N4O2. The monoisotopic (exact) mass is 238 g/mol. The van der Waals surface area contributed by atoms with Crippen LogP contribution in [0.25, 0.3) is 10.4 Å². The van der Waals surface area contributed by atoms with E-state index in [1.165, 1.54) is 19.3 Å². The Morgan fingerprint density at radius 1 is 1.65 bits per heavy atom. The van der Waals surface area contributed by atoms with E-state index in [2.05, 4.69) is 10.0 Å². The summed E-state index contributed by atoms with van der Waals surface area (Å²) in [5.74, 6) is 0.379. The zero-order valence-corrected chi connectivity index (χ0v) is 10.1. The number of azide groups is 1. The van der Waals surface area contributed by atoms with E-state index >= 15 is 0 Å². The lowest BCUT2D eigenvalue weighted by molar-refractivity contribution is -0.129. The topological polar surface area (TPSA) is 78.3 Å². The number of nitrogens with zero attached hydrogens (tertiary/aromatic N) is 4. The SMILES string of the molecule is COCC1CN(C(=O)CN=[N+]=[N-])CC12CCC2. The number of likely N-dealkylation sites (tertiary alicyclic amines) is 1. The maximum absolute atomic E-state index is 11.8. The summed E-state index contributed by atoms with van der Waals surface area (Å²) >= 11 is 0. The summed E-state index contributed by atoms with van der Waals surface area (Å²) < 4.78 is 5.25. The number of amides is 1. The van der Waals surface area contributed by atoms with Crippen LogP contribution in [0.1, 0.15) is 19.3 Å². The second-order valence-electron chi connectivity index (χ2n) is 5.03. The molecule has 1 saturated heterocycles. The summed E-state index contributed by atoms with van der Waals surface area (Å²) in [5, 5.41) is 3.34. The van der Waals surface area contributed by atoms with Gasteiger partial charge in [0.1, 0.15) is 6.54 Å². The molecule has 0 radical (unpaired) electrons. The minimum Gasteiger partial charge on any atom is -0.384 e.